The molecule has 0 aliphatic carbocycles. The molecule has 0 saturated carbocycles. The summed E-state index contributed by atoms with van der Waals surface area (Å²) in [5.74, 6) is 1.55. The van der Waals surface area contributed by atoms with Crippen LogP contribution in [0.1, 0.15) is 28.8 Å². The first-order chi connectivity index (χ1) is 8.47. The molecule has 1 N–H and O–H groups in total. The standard InChI is InChI=1S/C14H14Cl2O2/c1-8-5-11(9(2)18-8)14(17)7-10-3-4-12(15)13(16)6-10/h3-6,14,17H,7H2,1-2H3. The first-order valence-corrected chi connectivity index (χ1v) is 6.42. The highest BCUT2D eigenvalue weighted by Crippen LogP contribution is 2.27. The summed E-state index contributed by atoms with van der Waals surface area (Å²) in [5, 5.41) is 11.2. The molecule has 18 heavy (non-hydrogen) atoms. The second kappa shape index (κ2) is 5.35. The first-order valence-electron chi connectivity index (χ1n) is 5.66. The highest BCUT2D eigenvalue weighted by atomic mass is 35.5. The number of rotatable bonds is 3. The molecule has 0 fully saturated rings. The van der Waals surface area contributed by atoms with E-state index >= 15 is 0 Å². The van der Waals surface area contributed by atoms with Gasteiger partial charge in [-0.05, 0) is 37.6 Å². The molecule has 1 aromatic heterocycles. The summed E-state index contributed by atoms with van der Waals surface area (Å²) < 4.78 is 5.41. The predicted molar refractivity (Wildman–Crippen MR) is 73.3 cm³/mol. The quantitative estimate of drug-likeness (QED) is 0.902. The maximum Gasteiger partial charge on any atom is 0.106 e. The second-order valence-corrected chi connectivity index (χ2v) is 5.15. The van der Waals surface area contributed by atoms with Crippen LogP contribution in [-0.4, -0.2) is 5.11 Å². The number of aliphatic hydroxyl groups is 1. The lowest BCUT2D eigenvalue weighted by Gasteiger charge is -2.10. The van der Waals surface area contributed by atoms with Crippen LogP contribution in [0.2, 0.25) is 10.0 Å². The van der Waals surface area contributed by atoms with E-state index in [0.29, 0.717) is 16.5 Å². The van der Waals surface area contributed by atoms with Crippen molar-refractivity contribution < 1.29 is 9.52 Å². The number of hydrogen-bond donors (Lipinski definition) is 1. The maximum absolute atomic E-state index is 10.2. The molecule has 1 atom stereocenters. The largest absolute Gasteiger partial charge is 0.466 e. The van der Waals surface area contributed by atoms with Crippen molar-refractivity contribution >= 4 is 23.2 Å². The van der Waals surface area contributed by atoms with E-state index in [1.807, 2.05) is 26.0 Å². The normalized spacial score (nSPS) is 12.7. The van der Waals surface area contributed by atoms with Gasteiger partial charge in [0.1, 0.15) is 11.5 Å². The Labute approximate surface area is 116 Å². The summed E-state index contributed by atoms with van der Waals surface area (Å²) in [4.78, 5) is 0. The van der Waals surface area contributed by atoms with E-state index in [0.717, 1.165) is 22.6 Å². The van der Waals surface area contributed by atoms with Crippen LogP contribution < -0.4 is 0 Å². The Hall–Kier alpha value is -0.960. The molecule has 0 radical (unpaired) electrons. The molecule has 2 aromatic rings. The van der Waals surface area contributed by atoms with Crippen molar-refractivity contribution in [3.8, 4) is 0 Å². The Morgan fingerprint density at radius 1 is 1.17 bits per heavy atom. The SMILES string of the molecule is Cc1cc(C(O)Cc2ccc(Cl)c(Cl)c2)c(C)o1. The van der Waals surface area contributed by atoms with Crippen LogP contribution in [0, 0.1) is 13.8 Å². The van der Waals surface area contributed by atoms with Gasteiger partial charge in [0.05, 0.1) is 16.1 Å². The average Bonchev–Trinajstić information content (AvgIpc) is 2.63. The number of aliphatic hydroxyl groups excluding tert-OH is 1. The van der Waals surface area contributed by atoms with E-state index in [1.54, 1.807) is 12.1 Å². The number of furan rings is 1. The van der Waals surface area contributed by atoms with Gasteiger partial charge in [0, 0.05) is 12.0 Å². The summed E-state index contributed by atoms with van der Waals surface area (Å²) in [6, 6.07) is 7.23. The van der Waals surface area contributed by atoms with E-state index in [2.05, 4.69) is 0 Å². The minimum atomic E-state index is -0.598. The zero-order valence-electron chi connectivity index (χ0n) is 10.2. The van der Waals surface area contributed by atoms with Crippen LogP contribution in [0.3, 0.4) is 0 Å². The Kier molecular flexibility index (Phi) is 4.00. The van der Waals surface area contributed by atoms with Gasteiger partial charge in [-0.2, -0.15) is 0 Å². The van der Waals surface area contributed by atoms with Crippen LogP contribution in [-0.2, 0) is 6.42 Å². The van der Waals surface area contributed by atoms with Crippen molar-refractivity contribution in [1.29, 1.82) is 0 Å². The van der Waals surface area contributed by atoms with Gasteiger partial charge >= 0.3 is 0 Å². The summed E-state index contributed by atoms with van der Waals surface area (Å²) in [7, 11) is 0. The average molecular weight is 285 g/mol. The molecule has 1 unspecified atom stereocenters. The Morgan fingerprint density at radius 2 is 1.89 bits per heavy atom. The van der Waals surface area contributed by atoms with Crippen LogP contribution >= 0.6 is 23.2 Å². The van der Waals surface area contributed by atoms with Crippen molar-refractivity contribution in [3.63, 3.8) is 0 Å². The van der Waals surface area contributed by atoms with Gasteiger partial charge in [-0.1, -0.05) is 29.3 Å². The third-order valence-electron chi connectivity index (χ3n) is 2.85. The Balaban J connectivity index is 2.18. The van der Waals surface area contributed by atoms with Gasteiger partial charge in [0.15, 0.2) is 0 Å². The first kappa shape index (κ1) is 13.5. The fraction of sp³-hybridized carbons (Fsp3) is 0.286. The van der Waals surface area contributed by atoms with Gasteiger partial charge in [-0.3, -0.25) is 0 Å². The zero-order chi connectivity index (χ0) is 13.3. The Bertz CT molecular complexity index is 561. The molecule has 4 heteroatoms. The van der Waals surface area contributed by atoms with E-state index in [4.69, 9.17) is 27.6 Å². The molecule has 1 aromatic carbocycles. The molecule has 0 saturated heterocycles. The van der Waals surface area contributed by atoms with E-state index in [1.165, 1.54) is 0 Å². The zero-order valence-corrected chi connectivity index (χ0v) is 11.7. The monoisotopic (exact) mass is 284 g/mol. The van der Waals surface area contributed by atoms with E-state index in [-0.39, 0.29) is 0 Å². The van der Waals surface area contributed by atoms with E-state index in [9.17, 15) is 5.11 Å². The smallest absolute Gasteiger partial charge is 0.106 e. The summed E-state index contributed by atoms with van der Waals surface area (Å²) >= 11 is 11.8. The van der Waals surface area contributed by atoms with Gasteiger partial charge in [-0.15, -0.1) is 0 Å². The van der Waals surface area contributed by atoms with Gasteiger partial charge in [-0.25, -0.2) is 0 Å². The lowest BCUT2D eigenvalue weighted by atomic mass is 10.0. The fourth-order valence-corrected chi connectivity index (χ4v) is 2.30. The number of aryl methyl sites for hydroxylation is 2. The van der Waals surface area contributed by atoms with Crippen LogP contribution in [0.5, 0.6) is 0 Å². The third kappa shape index (κ3) is 2.89. The highest BCUT2D eigenvalue weighted by Gasteiger charge is 2.15. The highest BCUT2D eigenvalue weighted by molar-refractivity contribution is 6.42. The number of benzene rings is 1. The molecule has 2 rings (SSSR count). The molecule has 96 valence electrons. The van der Waals surface area contributed by atoms with Crippen LogP contribution in [0.4, 0.5) is 0 Å². The molecule has 0 amide bonds. The molecule has 0 aliphatic heterocycles. The molecule has 1 heterocycles. The number of hydrogen-bond acceptors (Lipinski definition) is 2. The Morgan fingerprint density at radius 3 is 2.44 bits per heavy atom. The summed E-state index contributed by atoms with van der Waals surface area (Å²) in [6.45, 7) is 3.71. The van der Waals surface area contributed by atoms with Crippen molar-refractivity contribution in [2.75, 3.05) is 0 Å². The molecule has 0 spiro atoms. The summed E-state index contributed by atoms with van der Waals surface area (Å²) in [6.07, 6.45) is -0.115. The van der Waals surface area contributed by atoms with Crippen molar-refractivity contribution in [2.24, 2.45) is 0 Å². The second-order valence-electron chi connectivity index (χ2n) is 4.34. The minimum absolute atomic E-state index is 0.483. The fourth-order valence-electron chi connectivity index (χ4n) is 1.98. The predicted octanol–water partition coefficient (Wildman–Crippen LogP) is 4.48. The third-order valence-corrected chi connectivity index (χ3v) is 3.59. The lowest BCUT2D eigenvalue weighted by molar-refractivity contribution is 0.176. The van der Waals surface area contributed by atoms with Gasteiger partial charge in [0.25, 0.3) is 0 Å². The molecule has 2 nitrogen and oxygen atoms in total. The molecule has 0 bridgehead atoms. The lowest BCUT2D eigenvalue weighted by Crippen LogP contribution is -2.02. The minimum Gasteiger partial charge on any atom is -0.466 e. The van der Waals surface area contributed by atoms with Crippen molar-refractivity contribution in [2.45, 2.75) is 26.4 Å². The maximum atomic E-state index is 10.2. The summed E-state index contributed by atoms with van der Waals surface area (Å²) in [5.41, 5.74) is 1.76. The van der Waals surface area contributed by atoms with E-state index < -0.39 is 6.10 Å². The van der Waals surface area contributed by atoms with Gasteiger partial charge in [0.2, 0.25) is 0 Å². The van der Waals surface area contributed by atoms with Crippen LogP contribution in [0.15, 0.2) is 28.7 Å². The van der Waals surface area contributed by atoms with Crippen molar-refractivity contribution in [1.82, 2.24) is 0 Å². The van der Waals surface area contributed by atoms with Crippen LogP contribution in [0.25, 0.3) is 0 Å². The molecular weight excluding hydrogens is 271 g/mol. The van der Waals surface area contributed by atoms with Gasteiger partial charge < -0.3 is 9.52 Å². The number of halogens is 2. The molecular formula is C14H14Cl2O2. The molecule has 0 aliphatic rings. The topological polar surface area (TPSA) is 33.4 Å². The van der Waals surface area contributed by atoms with Crippen molar-refractivity contribution in [3.05, 3.63) is 57.0 Å².